The predicted molar refractivity (Wildman–Crippen MR) is 94.7 cm³/mol. The molecule has 1 amide bonds. The highest BCUT2D eigenvalue weighted by atomic mass is 16.2. The Balaban J connectivity index is 1.60. The highest BCUT2D eigenvalue weighted by Gasteiger charge is 2.35. The number of carbonyl (C=O) groups is 1. The van der Waals surface area contributed by atoms with Gasteiger partial charge in [-0.2, -0.15) is 0 Å². The van der Waals surface area contributed by atoms with E-state index < -0.39 is 0 Å². The number of pyridine rings is 1. The molecule has 0 aromatic carbocycles. The number of nitrogens with zero attached hydrogens (tertiary/aromatic N) is 3. The van der Waals surface area contributed by atoms with Crippen LogP contribution in [0, 0.1) is 0 Å². The highest BCUT2D eigenvalue weighted by molar-refractivity contribution is 5.83. The molecule has 2 N–H and O–H groups in total. The van der Waals surface area contributed by atoms with Gasteiger partial charge in [0, 0.05) is 30.9 Å². The molecule has 4 rings (SSSR count). The highest BCUT2D eigenvalue weighted by Crippen LogP contribution is 2.28. The maximum Gasteiger partial charge on any atom is 0.246 e. The van der Waals surface area contributed by atoms with Gasteiger partial charge in [-0.25, -0.2) is 4.98 Å². The smallest absolute Gasteiger partial charge is 0.246 e. The molecular weight excluding hydrogens is 314 g/mol. The number of aromatic amines is 1. The third-order valence-corrected chi connectivity index (χ3v) is 5.35. The maximum absolute atomic E-state index is 13.4. The second-order valence-corrected chi connectivity index (χ2v) is 6.98. The molecule has 6 heteroatoms. The molecule has 1 aliphatic heterocycles. The summed E-state index contributed by atoms with van der Waals surface area (Å²) in [6.07, 6.45) is 10.2. The second kappa shape index (κ2) is 7.35. The van der Waals surface area contributed by atoms with Crippen LogP contribution in [0.25, 0.3) is 0 Å². The Kier molecular flexibility index (Phi) is 4.78. The third-order valence-electron chi connectivity index (χ3n) is 5.35. The predicted octanol–water partition coefficient (Wildman–Crippen LogP) is 2.35. The number of amides is 1. The lowest BCUT2D eigenvalue weighted by molar-refractivity contribution is -0.137. The van der Waals surface area contributed by atoms with Gasteiger partial charge < -0.3 is 15.2 Å². The van der Waals surface area contributed by atoms with Crippen molar-refractivity contribution in [2.45, 2.75) is 57.2 Å². The number of nitrogens with one attached hydrogen (secondary N) is 2. The van der Waals surface area contributed by atoms with E-state index in [4.69, 9.17) is 0 Å². The van der Waals surface area contributed by atoms with Crippen LogP contribution < -0.4 is 5.32 Å². The van der Waals surface area contributed by atoms with Gasteiger partial charge in [-0.15, -0.1) is 0 Å². The number of imidazole rings is 1. The number of hydrogen-bond donors (Lipinski definition) is 2. The summed E-state index contributed by atoms with van der Waals surface area (Å²) in [5.41, 5.74) is 2.89. The maximum atomic E-state index is 13.4. The first-order valence-electron chi connectivity index (χ1n) is 9.29. The van der Waals surface area contributed by atoms with Gasteiger partial charge in [0.15, 0.2) is 0 Å². The molecule has 1 saturated carbocycles. The van der Waals surface area contributed by atoms with Gasteiger partial charge in [-0.1, -0.05) is 25.3 Å². The SMILES string of the molecule is O=C(C1NCCc2[nH]cnc21)N(Cc1ccccn1)C1CCCCC1. The average molecular weight is 339 g/mol. The molecule has 0 bridgehead atoms. The van der Waals surface area contributed by atoms with Gasteiger partial charge in [-0.05, 0) is 25.0 Å². The number of aromatic nitrogens is 3. The van der Waals surface area contributed by atoms with Crippen molar-refractivity contribution < 1.29 is 4.79 Å². The van der Waals surface area contributed by atoms with E-state index in [1.165, 1.54) is 19.3 Å². The second-order valence-electron chi connectivity index (χ2n) is 6.98. The van der Waals surface area contributed by atoms with E-state index in [1.807, 2.05) is 23.1 Å². The van der Waals surface area contributed by atoms with E-state index in [9.17, 15) is 4.79 Å². The van der Waals surface area contributed by atoms with Crippen LogP contribution in [0.2, 0.25) is 0 Å². The molecule has 0 spiro atoms. The van der Waals surface area contributed by atoms with Gasteiger partial charge >= 0.3 is 0 Å². The third kappa shape index (κ3) is 3.44. The van der Waals surface area contributed by atoms with Crippen molar-refractivity contribution in [3.05, 3.63) is 47.8 Å². The minimum Gasteiger partial charge on any atom is -0.348 e. The summed E-state index contributed by atoms with van der Waals surface area (Å²) >= 11 is 0. The summed E-state index contributed by atoms with van der Waals surface area (Å²) in [7, 11) is 0. The zero-order valence-corrected chi connectivity index (χ0v) is 14.4. The molecule has 1 aliphatic carbocycles. The molecule has 2 aromatic heterocycles. The molecule has 2 aliphatic rings. The number of rotatable bonds is 4. The Morgan fingerprint density at radius 2 is 2.08 bits per heavy atom. The van der Waals surface area contributed by atoms with Crippen LogP contribution in [0.5, 0.6) is 0 Å². The standard InChI is InChI=1S/C19H25N5O/c25-19(18-17-16(9-11-21-18)22-13-23-17)24(15-7-2-1-3-8-15)12-14-6-4-5-10-20-14/h4-6,10,13,15,18,21H,1-3,7-9,11-12H2,(H,22,23). The first-order valence-corrected chi connectivity index (χ1v) is 9.29. The first kappa shape index (κ1) is 16.3. The molecule has 3 heterocycles. The van der Waals surface area contributed by atoms with Gasteiger partial charge in [-0.3, -0.25) is 9.78 Å². The topological polar surface area (TPSA) is 73.9 Å². The van der Waals surface area contributed by atoms with Crippen LogP contribution in [0.3, 0.4) is 0 Å². The van der Waals surface area contributed by atoms with Gasteiger partial charge in [0.1, 0.15) is 6.04 Å². The van der Waals surface area contributed by atoms with Crippen molar-refractivity contribution in [1.82, 2.24) is 25.2 Å². The van der Waals surface area contributed by atoms with E-state index in [1.54, 1.807) is 12.5 Å². The fourth-order valence-electron chi connectivity index (χ4n) is 4.03. The molecule has 25 heavy (non-hydrogen) atoms. The molecule has 2 aromatic rings. The van der Waals surface area contributed by atoms with Crippen LogP contribution in [-0.4, -0.2) is 38.3 Å². The van der Waals surface area contributed by atoms with Crippen molar-refractivity contribution in [2.24, 2.45) is 0 Å². The summed E-state index contributed by atoms with van der Waals surface area (Å²) in [5.74, 6) is 0.130. The van der Waals surface area contributed by atoms with Gasteiger partial charge in [0.05, 0.1) is 24.3 Å². The Labute approximate surface area is 148 Å². The molecule has 0 radical (unpaired) electrons. The summed E-state index contributed by atoms with van der Waals surface area (Å²) in [5, 5.41) is 3.37. The van der Waals surface area contributed by atoms with Gasteiger partial charge in [0.25, 0.3) is 0 Å². The Morgan fingerprint density at radius 3 is 2.88 bits per heavy atom. The number of H-pyrrole nitrogens is 1. The number of carbonyl (C=O) groups excluding carboxylic acids is 1. The Morgan fingerprint density at radius 1 is 1.20 bits per heavy atom. The van der Waals surface area contributed by atoms with E-state index in [-0.39, 0.29) is 11.9 Å². The van der Waals surface area contributed by atoms with E-state index >= 15 is 0 Å². The summed E-state index contributed by atoms with van der Waals surface area (Å²) in [4.78, 5) is 27.5. The molecule has 132 valence electrons. The van der Waals surface area contributed by atoms with E-state index in [2.05, 4.69) is 20.3 Å². The van der Waals surface area contributed by atoms with Crippen LogP contribution in [0.4, 0.5) is 0 Å². The Bertz CT molecular complexity index is 708. The van der Waals surface area contributed by atoms with E-state index in [0.717, 1.165) is 42.9 Å². The zero-order valence-electron chi connectivity index (χ0n) is 14.4. The largest absolute Gasteiger partial charge is 0.348 e. The summed E-state index contributed by atoms with van der Waals surface area (Å²) in [6, 6.07) is 5.85. The van der Waals surface area contributed by atoms with Crippen molar-refractivity contribution in [3.8, 4) is 0 Å². The van der Waals surface area contributed by atoms with Crippen molar-refractivity contribution in [3.63, 3.8) is 0 Å². The monoisotopic (exact) mass is 339 g/mol. The van der Waals surface area contributed by atoms with Crippen LogP contribution >= 0.6 is 0 Å². The fraction of sp³-hybridized carbons (Fsp3) is 0.526. The normalized spacial score (nSPS) is 20.9. The zero-order chi connectivity index (χ0) is 17.1. The van der Waals surface area contributed by atoms with E-state index in [0.29, 0.717) is 12.6 Å². The molecular formula is C19H25N5O. The molecule has 1 fully saturated rings. The summed E-state index contributed by atoms with van der Waals surface area (Å²) in [6.45, 7) is 1.37. The van der Waals surface area contributed by atoms with Crippen molar-refractivity contribution >= 4 is 5.91 Å². The number of hydrogen-bond acceptors (Lipinski definition) is 4. The first-order chi connectivity index (χ1) is 12.3. The lowest BCUT2D eigenvalue weighted by Gasteiger charge is -2.37. The molecule has 6 nitrogen and oxygen atoms in total. The minimum absolute atomic E-state index is 0.130. The van der Waals surface area contributed by atoms with Crippen molar-refractivity contribution in [1.29, 1.82) is 0 Å². The van der Waals surface area contributed by atoms with Gasteiger partial charge in [0.2, 0.25) is 5.91 Å². The van der Waals surface area contributed by atoms with Crippen molar-refractivity contribution in [2.75, 3.05) is 6.54 Å². The van der Waals surface area contributed by atoms with Crippen LogP contribution in [0.1, 0.15) is 55.2 Å². The van der Waals surface area contributed by atoms with Crippen LogP contribution in [-0.2, 0) is 17.8 Å². The molecule has 0 saturated heterocycles. The summed E-state index contributed by atoms with van der Waals surface area (Å²) < 4.78 is 0. The molecule has 1 atom stereocenters. The van der Waals surface area contributed by atoms with Crippen LogP contribution in [0.15, 0.2) is 30.7 Å². The fourth-order valence-corrected chi connectivity index (χ4v) is 4.03. The quantitative estimate of drug-likeness (QED) is 0.897. The molecule has 1 unspecified atom stereocenters. The Hall–Kier alpha value is -2.21. The minimum atomic E-state index is -0.347. The lowest BCUT2D eigenvalue weighted by Crippen LogP contribution is -2.48. The average Bonchev–Trinajstić information content (AvgIpc) is 3.16. The number of fused-ring (bicyclic) bond motifs is 1. The lowest BCUT2D eigenvalue weighted by atomic mass is 9.93.